The third-order valence-electron chi connectivity index (χ3n) is 10.00. The van der Waals surface area contributed by atoms with Gasteiger partial charge in [-0.1, -0.05) is 182 Å². The molecule has 0 radical (unpaired) electrons. The molecular weight excluding hydrogens is 744 g/mol. The van der Waals surface area contributed by atoms with Crippen molar-refractivity contribution in [1.29, 1.82) is 0 Å². The first-order chi connectivity index (χ1) is 23.7. The van der Waals surface area contributed by atoms with E-state index in [1.807, 2.05) is 0 Å². The molecule has 0 unspecified atom stereocenters. The molecule has 0 saturated heterocycles. The molecule has 0 aliphatic carbocycles. The first-order valence-electron chi connectivity index (χ1n) is 21.8. The van der Waals surface area contributed by atoms with Gasteiger partial charge in [0.15, 0.2) is 0 Å². The fourth-order valence-electron chi connectivity index (χ4n) is 6.90. The molecule has 0 aliphatic rings. The molecule has 2 aromatic rings. The Balaban J connectivity index is 0. The number of unbranched alkanes of at least 4 members (excludes halogenated alkanes) is 26. The second-order valence-electron chi connectivity index (χ2n) is 15.0. The summed E-state index contributed by atoms with van der Waals surface area (Å²) in [6, 6.07) is 0. The van der Waals surface area contributed by atoms with E-state index in [1.165, 1.54) is 206 Å². The molecule has 2 rings (SSSR count). The van der Waals surface area contributed by atoms with Gasteiger partial charge in [-0.3, -0.25) is 0 Å². The normalized spacial score (nSPS) is 10.8. The number of imidazole rings is 2. The smallest absolute Gasteiger partial charge is 0.243 e. The highest BCUT2D eigenvalue weighted by molar-refractivity contribution is 4.67. The lowest BCUT2D eigenvalue weighted by Crippen LogP contribution is -3.00. The lowest BCUT2D eigenvalue weighted by Gasteiger charge is -2.03. The van der Waals surface area contributed by atoms with Crippen molar-refractivity contribution in [3.8, 4) is 0 Å². The quantitative estimate of drug-likeness (QED) is 0.0520. The van der Waals surface area contributed by atoms with E-state index in [2.05, 4.69) is 83.4 Å². The SMILES string of the molecule is CCCCCCCCCCCCCCCCn1cc[n+](CCC)c1.CCCCCCCCCCCCCCCCn1cc[n+](CCC)c1.[Br-].[Br-]. The van der Waals surface area contributed by atoms with Crippen molar-refractivity contribution < 1.29 is 43.1 Å². The van der Waals surface area contributed by atoms with Crippen LogP contribution in [0.25, 0.3) is 0 Å². The van der Waals surface area contributed by atoms with Gasteiger partial charge in [-0.2, -0.15) is 0 Å². The molecule has 296 valence electrons. The van der Waals surface area contributed by atoms with E-state index in [1.54, 1.807) is 0 Å². The number of hydrogen-bond acceptors (Lipinski definition) is 0. The highest BCUT2D eigenvalue weighted by Gasteiger charge is 2.03. The highest BCUT2D eigenvalue weighted by atomic mass is 79.9. The van der Waals surface area contributed by atoms with Crippen LogP contribution in [-0.2, 0) is 26.2 Å². The first kappa shape index (κ1) is 51.5. The molecule has 4 nitrogen and oxygen atoms in total. The van der Waals surface area contributed by atoms with E-state index in [9.17, 15) is 0 Å². The zero-order valence-electron chi connectivity index (χ0n) is 34.1. The third-order valence-corrected chi connectivity index (χ3v) is 10.00. The largest absolute Gasteiger partial charge is 1.00 e. The summed E-state index contributed by atoms with van der Waals surface area (Å²) >= 11 is 0. The van der Waals surface area contributed by atoms with Crippen LogP contribution in [0.1, 0.15) is 220 Å². The minimum Gasteiger partial charge on any atom is -1.00 e. The maximum absolute atomic E-state index is 2.34. The second kappa shape index (κ2) is 41.1. The number of hydrogen-bond donors (Lipinski definition) is 0. The Kier molecular flexibility index (Phi) is 42.4. The van der Waals surface area contributed by atoms with Crippen LogP contribution in [0.15, 0.2) is 37.4 Å². The summed E-state index contributed by atoms with van der Waals surface area (Å²) < 4.78 is 9.28. The van der Waals surface area contributed by atoms with E-state index in [4.69, 9.17) is 0 Å². The molecule has 0 aliphatic heterocycles. The third kappa shape index (κ3) is 33.2. The molecule has 0 saturated carbocycles. The molecule has 0 bridgehead atoms. The molecule has 6 heteroatoms. The van der Waals surface area contributed by atoms with E-state index in [-0.39, 0.29) is 34.0 Å². The van der Waals surface area contributed by atoms with Gasteiger partial charge in [0, 0.05) is 0 Å². The van der Waals surface area contributed by atoms with Crippen molar-refractivity contribution in [3.05, 3.63) is 37.4 Å². The number of aryl methyl sites for hydroxylation is 4. The van der Waals surface area contributed by atoms with E-state index in [0.29, 0.717) is 0 Å². The summed E-state index contributed by atoms with van der Waals surface area (Å²) in [4.78, 5) is 0. The maximum Gasteiger partial charge on any atom is 0.243 e. The zero-order chi connectivity index (χ0) is 34.6. The maximum atomic E-state index is 2.34. The topological polar surface area (TPSA) is 17.6 Å². The van der Waals surface area contributed by atoms with Crippen LogP contribution in [0.5, 0.6) is 0 Å². The van der Waals surface area contributed by atoms with Crippen LogP contribution >= 0.6 is 0 Å². The Labute approximate surface area is 334 Å². The monoisotopic (exact) mass is 829 g/mol. The van der Waals surface area contributed by atoms with Crippen molar-refractivity contribution in [2.24, 2.45) is 0 Å². The number of rotatable bonds is 34. The van der Waals surface area contributed by atoms with Crippen LogP contribution in [0.4, 0.5) is 0 Å². The van der Waals surface area contributed by atoms with Crippen LogP contribution in [0.3, 0.4) is 0 Å². The minimum absolute atomic E-state index is 0. The van der Waals surface area contributed by atoms with Gasteiger partial charge in [-0.15, -0.1) is 0 Å². The predicted octanol–water partition coefficient (Wildman–Crippen LogP) is 7.34. The number of aromatic nitrogens is 4. The van der Waals surface area contributed by atoms with Crippen molar-refractivity contribution in [3.63, 3.8) is 0 Å². The van der Waals surface area contributed by atoms with Gasteiger partial charge in [0.1, 0.15) is 24.8 Å². The molecule has 50 heavy (non-hydrogen) atoms. The standard InChI is InChI=1S/2C22H43N2.2BrH/c2*1-3-5-6-7-8-9-10-11-12-13-14-15-16-17-19-24-21-20-23(22-24)18-4-2;;/h2*20-22H,3-19H2,1-2H3;2*1H/q2*+1;;/p-2. The van der Waals surface area contributed by atoms with Crippen LogP contribution in [0, 0.1) is 0 Å². The van der Waals surface area contributed by atoms with Gasteiger partial charge < -0.3 is 34.0 Å². The minimum atomic E-state index is 0. The van der Waals surface area contributed by atoms with E-state index >= 15 is 0 Å². The summed E-state index contributed by atoms with van der Waals surface area (Å²) in [5.41, 5.74) is 0. The second-order valence-corrected chi connectivity index (χ2v) is 15.0. The van der Waals surface area contributed by atoms with Gasteiger partial charge in [-0.25, -0.2) is 18.3 Å². The average molecular weight is 831 g/mol. The van der Waals surface area contributed by atoms with Gasteiger partial charge in [0.05, 0.1) is 26.2 Å². The van der Waals surface area contributed by atoms with E-state index < -0.39 is 0 Å². The lowest BCUT2D eigenvalue weighted by atomic mass is 10.0. The van der Waals surface area contributed by atoms with Crippen molar-refractivity contribution >= 4 is 0 Å². The summed E-state index contributed by atoms with van der Waals surface area (Å²) in [7, 11) is 0. The molecule has 0 amide bonds. The molecular formula is C44H86Br2N4. The molecule has 2 heterocycles. The van der Waals surface area contributed by atoms with E-state index in [0.717, 1.165) is 13.1 Å². The Bertz CT molecular complexity index is 824. The molecule has 0 N–H and O–H groups in total. The van der Waals surface area contributed by atoms with Crippen molar-refractivity contribution in [2.45, 2.75) is 246 Å². The van der Waals surface area contributed by atoms with Crippen LogP contribution in [-0.4, -0.2) is 9.13 Å². The summed E-state index contributed by atoms with van der Waals surface area (Å²) in [5, 5.41) is 0. The Morgan fingerprint density at radius 1 is 0.320 bits per heavy atom. The van der Waals surface area contributed by atoms with Gasteiger partial charge >= 0.3 is 0 Å². The summed E-state index contributed by atoms with van der Waals surface area (Å²) in [5.74, 6) is 0. The molecule has 0 aromatic carbocycles. The fourth-order valence-corrected chi connectivity index (χ4v) is 6.90. The van der Waals surface area contributed by atoms with Gasteiger partial charge in [0.25, 0.3) is 0 Å². The lowest BCUT2D eigenvalue weighted by molar-refractivity contribution is -0.696. The number of halogens is 2. The molecule has 0 spiro atoms. The summed E-state index contributed by atoms with van der Waals surface area (Å²) in [6.45, 7) is 13.7. The van der Waals surface area contributed by atoms with Crippen molar-refractivity contribution in [1.82, 2.24) is 9.13 Å². The fraction of sp³-hybridized carbons (Fsp3) is 0.864. The van der Waals surface area contributed by atoms with Crippen LogP contribution in [0.2, 0.25) is 0 Å². The van der Waals surface area contributed by atoms with Gasteiger partial charge in [-0.05, 0) is 38.5 Å². The highest BCUT2D eigenvalue weighted by Crippen LogP contribution is 2.14. The predicted molar refractivity (Wildman–Crippen MR) is 210 cm³/mol. The average Bonchev–Trinajstić information content (AvgIpc) is 3.75. The molecule has 0 atom stereocenters. The Morgan fingerprint density at radius 2 is 0.560 bits per heavy atom. The van der Waals surface area contributed by atoms with Gasteiger partial charge in [0.2, 0.25) is 12.7 Å². The first-order valence-corrected chi connectivity index (χ1v) is 21.8. The Hall–Kier alpha value is -0.620. The molecule has 2 aromatic heterocycles. The number of nitrogens with zero attached hydrogens (tertiary/aromatic N) is 4. The molecule has 0 fully saturated rings. The van der Waals surface area contributed by atoms with Crippen LogP contribution < -0.4 is 43.1 Å². The Morgan fingerprint density at radius 3 is 0.800 bits per heavy atom. The summed E-state index contributed by atoms with van der Waals surface area (Å²) in [6.07, 6.45) is 56.0. The van der Waals surface area contributed by atoms with Crippen molar-refractivity contribution in [2.75, 3.05) is 0 Å². The zero-order valence-corrected chi connectivity index (χ0v) is 37.2.